The van der Waals surface area contributed by atoms with E-state index < -0.39 is 0 Å². The van der Waals surface area contributed by atoms with E-state index in [0.717, 1.165) is 49.8 Å². The largest absolute Gasteiger partial charge is 0.444 e. The average molecular weight is 222 g/mol. The number of aryl methyl sites for hydroxylation is 1. The summed E-state index contributed by atoms with van der Waals surface area (Å²) in [6.07, 6.45) is 4.71. The zero-order valence-corrected chi connectivity index (χ0v) is 9.66. The van der Waals surface area contributed by atoms with Crippen LogP contribution >= 0.6 is 0 Å². The first-order chi connectivity index (χ1) is 7.84. The second kappa shape index (κ2) is 4.18. The summed E-state index contributed by atoms with van der Waals surface area (Å²) in [5, 5.41) is 3.41. The number of hydrogen-bond acceptors (Lipinski definition) is 4. The number of nitrogens with zero attached hydrogens (tertiary/aromatic N) is 1. The number of aromatic nitrogens is 1. The Hall–Kier alpha value is -0.870. The molecule has 0 bridgehead atoms. The maximum absolute atomic E-state index is 5.76. The normalized spacial score (nSPS) is 30.1. The van der Waals surface area contributed by atoms with E-state index in [1.165, 1.54) is 6.42 Å². The van der Waals surface area contributed by atoms with Gasteiger partial charge in [0, 0.05) is 6.61 Å². The minimum atomic E-state index is 0.166. The van der Waals surface area contributed by atoms with Crippen molar-refractivity contribution in [2.45, 2.75) is 44.8 Å². The van der Waals surface area contributed by atoms with Crippen molar-refractivity contribution in [2.75, 3.05) is 13.2 Å². The minimum absolute atomic E-state index is 0.166. The lowest BCUT2D eigenvalue weighted by atomic mass is 10.1. The molecular formula is C12H18N2O2. The fourth-order valence-electron chi connectivity index (χ4n) is 2.57. The number of ether oxygens (including phenoxy) is 1. The maximum Gasteiger partial charge on any atom is 0.211 e. The standard InChI is InChI=1S/C12H18N2O2/c1-8-11(10-5-3-7-15-10)14-12(16-8)9-4-2-6-13-9/h9-10,13H,2-7H2,1H3. The van der Waals surface area contributed by atoms with Gasteiger partial charge in [-0.2, -0.15) is 0 Å². The zero-order valence-electron chi connectivity index (χ0n) is 9.66. The van der Waals surface area contributed by atoms with Crippen LogP contribution < -0.4 is 5.32 Å². The van der Waals surface area contributed by atoms with E-state index in [2.05, 4.69) is 10.3 Å². The second-order valence-electron chi connectivity index (χ2n) is 4.64. The molecule has 3 rings (SSSR count). The SMILES string of the molecule is Cc1oc(C2CCCN2)nc1C1CCCO1. The molecule has 4 nitrogen and oxygen atoms in total. The van der Waals surface area contributed by atoms with Crippen molar-refractivity contribution in [1.29, 1.82) is 0 Å². The Balaban J connectivity index is 1.83. The number of nitrogens with one attached hydrogen (secondary N) is 1. The molecule has 2 atom stereocenters. The van der Waals surface area contributed by atoms with Crippen molar-refractivity contribution in [2.24, 2.45) is 0 Å². The van der Waals surface area contributed by atoms with Gasteiger partial charge < -0.3 is 14.5 Å². The monoisotopic (exact) mass is 222 g/mol. The van der Waals surface area contributed by atoms with Gasteiger partial charge in [-0.05, 0) is 39.2 Å². The number of hydrogen-bond donors (Lipinski definition) is 1. The van der Waals surface area contributed by atoms with Crippen LogP contribution in [-0.4, -0.2) is 18.1 Å². The lowest BCUT2D eigenvalue weighted by Crippen LogP contribution is -2.13. The van der Waals surface area contributed by atoms with Gasteiger partial charge in [-0.3, -0.25) is 0 Å². The lowest BCUT2D eigenvalue weighted by molar-refractivity contribution is 0.108. The van der Waals surface area contributed by atoms with E-state index in [-0.39, 0.29) is 6.10 Å². The summed E-state index contributed by atoms with van der Waals surface area (Å²) in [5.41, 5.74) is 1.02. The molecule has 1 N–H and O–H groups in total. The zero-order chi connectivity index (χ0) is 11.0. The van der Waals surface area contributed by atoms with Gasteiger partial charge in [-0.25, -0.2) is 4.98 Å². The van der Waals surface area contributed by atoms with Gasteiger partial charge >= 0.3 is 0 Å². The molecule has 2 saturated heterocycles. The molecule has 1 aromatic heterocycles. The summed E-state index contributed by atoms with van der Waals surface area (Å²) in [6, 6.07) is 0.314. The molecule has 0 aliphatic carbocycles. The third-order valence-corrected chi connectivity index (χ3v) is 3.44. The first kappa shape index (κ1) is 10.3. The first-order valence-electron chi connectivity index (χ1n) is 6.17. The van der Waals surface area contributed by atoms with Gasteiger partial charge in [0.15, 0.2) is 0 Å². The van der Waals surface area contributed by atoms with Crippen molar-refractivity contribution in [1.82, 2.24) is 10.3 Å². The Morgan fingerprint density at radius 3 is 2.94 bits per heavy atom. The van der Waals surface area contributed by atoms with E-state index in [4.69, 9.17) is 9.15 Å². The van der Waals surface area contributed by atoms with Crippen LogP contribution in [0.1, 0.15) is 55.2 Å². The van der Waals surface area contributed by atoms with Crippen LogP contribution in [0.15, 0.2) is 4.42 Å². The van der Waals surface area contributed by atoms with Crippen LogP contribution in [0.2, 0.25) is 0 Å². The van der Waals surface area contributed by atoms with E-state index in [1.54, 1.807) is 0 Å². The maximum atomic E-state index is 5.76. The van der Waals surface area contributed by atoms with Gasteiger partial charge in [0.1, 0.15) is 17.6 Å². The van der Waals surface area contributed by atoms with Gasteiger partial charge in [0.25, 0.3) is 0 Å². The van der Waals surface area contributed by atoms with Crippen molar-refractivity contribution in [3.8, 4) is 0 Å². The molecule has 0 radical (unpaired) electrons. The highest BCUT2D eigenvalue weighted by Crippen LogP contribution is 2.32. The van der Waals surface area contributed by atoms with Gasteiger partial charge in [-0.15, -0.1) is 0 Å². The van der Waals surface area contributed by atoms with E-state index in [0.29, 0.717) is 6.04 Å². The summed E-state index contributed by atoms with van der Waals surface area (Å²) in [4.78, 5) is 4.62. The topological polar surface area (TPSA) is 47.3 Å². The summed E-state index contributed by atoms with van der Waals surface area (Å²) >= 11 is 0. The highest BCUT2D eigenvalue weighted by Gasteiger charge is 2.27. The minimum Gasteiger partial charge on any atom is -0.444 e. The molecule has 0 spiro atoms. The smallest absolute Gasteiger partial charge is 0.211 e. The average Bonchev–Trinajstić information content (AvgIpc) is 2.97. The van der Waals surface area contributed by atoms with Crippen molar-refractivity contribution >= 4 is 0 Å². The Kier molecular flexibility index (Phi) is 2.69. The van der Waals surface area contributed by atoms with Crippen LogP contribution in [0.3, 0.4) is 0 Å². The molecule has 4 heteroatoms. The summed E-state index contributed by atoms with van der Waals surface area (Å²) in [6.45, 7) is 3.91. The van der Waals surface area contributed by atoms with Gasteiger partial charge in [0.2, 0.25) is 5.89 Å². The molecule has 0 saturated carbocycles. The molecular weight excluding hydrogens is 204 g/mol. The quantitative estimate of drug-likeness (QED) is 0.833. The molecule has 3 heterocycles. The summed E-state index contributed by atoms with van der Waals surface area (Å²) in [7, 11) is 0. The Bertz CT molecular complexity index is 363. The number of oxazole rings is 1. The Morgan fingerprint density at radius 1 is 1.31 bits per heavy atom. The number of rotatable bonds is 2. The summed E-state index contributed by atoms with van der Waals surface area (Å²) < 4.78 is 11.4. The third-order valence-electron chi connectivity index (χ3n) is 3.44. The first-order valence-corrected chi connectivity index (χ1v) is 6.17. The third kappa shape index (κ3) is 1.76. The van der Waals surface area contributed by atoms with Crippen molar-refractivity contribution in [3.63, 3.8) is 0 Å². The molecule has 2 fully saturated rings. The fourth-order valence-corrected chi connectivity index (χ4v) is 2.57. The van der Waals surface area contributed by atoms with E-state index in [1.807, 2.05) is 6.92 Å². The molecule has 2 aliphatic heterocycles. The predicted molar refractivity (Wildman–Crippen MR) is 59.1 cm³/mol. The molecule has 2 aliphatic rings. The lowest BCUT2D eigenvalue weighted by Gasteiger charge is -2.05. The Morgan fingerprint density at radius 2 is 2.25 bits per heavy atom. The van der Waals surface area contributed by atoms with Crippen molar-refractivity contribution in [3.05, 3.63) is 17.3 Å². The fraction of sp³-hybridized carbons (Fsp3) is 0.750. The van der Waals surface area contributed by atoms with Gasteiger partial charge in [0.05, 0.1) is 6.04 Å². The van der Waals surface area contributed by atoms with E-state index in [9.17, 15) is 0 Å². The highest BCUT2D eigenvalue weighted by atomic mass is 16.5. The second-order valence-corrected chi connectivity index (χ2v) is 4.64. The Labute approximate surface area is 95.4 Å². The molecule has 88 valence electrons. The highest BCUT2D eigenvalue weighted by molar-refractivity contribution is 5.14. The predicted octanol–water partition coefficient (Wildman–Crippen LogP) is 2.26. The molecule has 16 heavy (non-hydrogen) atoms. The van der Waals surface area contributed by atoms with Crippen LogP contribution in [0.25, 0.3) is 0 Å². The van der Waals surface area contributed by atoms with Crippen LogP contribution in [0.4, 0.5) is 0 Å². The van der Waals surface area contributed by atoms with Gasteiger partial charge in [-0.1, -0.05) is 0 Å². The van der Waals surface area contributed by atoms with Crippen LogP contribution in [0, 0.1) is 6.92 Å². The molecule has 1 aromatic rings. The molecule has 0 amide bonds. The van der Waals surface area contributed by atoms with Crippen LogP contribution in [0.5, 0.6) is 0 Å². The van der Waals surface area contributed by atoms with Crippen LogP contribution in [-0.2, 0) is 4.74 Å². The van der Waals surface area contributed by atoms with Crippen molar-refractivity contribution < 1.29 is 9.15 Å². The van der Waals surface area contributed by atoms with E-state index >= 15 is 0 Å². The molecule has 2 unspecified atom stereocenters. The molecule has 0 aromatic carbocycles. The summed E-state index contributed by atoms with van der Waals surface area (Å²) in [5.74, 6) is 1.77.